The van der Waals surface area contributed by atoms with Gasteiger partial charge in [0.25, 0.3) is 5.91 Å². The highest BCUT2D eigenvalue weighted by Gasteiger charge is 2.20. The zero-order valence-electron chi connectivity index (χ0n) is 14.7. The van der Waals surface area contributed by atoms with Gasteiger partial charge in [0.1, 0.15) is 12.4 Å². The van der Waals surface area contributed by atoms with Gasteiger partial charge >= 0.3 is 5.69 Å². The molecule has 0 radical (unpaired) electrons. The first-order valence-electron chi connectivity index (χ1n) is 8.80. The van der Waals surface area contributed by atoms with E-state index in [9.17, 15) is 14.9 Å². The van der Waals surface area contributed by atoms with E-state index < -0.39 is 4.92 Å². The molecule has 138 valence electrons. The van der Waals surface area contributed by atoms with Crippen molar-refractivity contribution in [3.8, 4) is 5.75 Å². The van der Waals surface area contributed by atoms with E-state index in [0.717, 1.165) is 31.2 Å². The fourth-order valence-electron chi connectivity index (χ4n) is 3.12. The minimum Gasteiger partial charge on any atom is -0.479 e. The molecule has 0 saturated heterocycles. The van der Waals surface area contributed by atoms with Gasteiger partial charge in [0, 0.05) is 12.1 Å². The van der Waals surface area contributed by atoms with E-state index in [-0.39, 0.29) is 35.8 Å². The van der Waals surface area contributed by atoms with Crippen LogP contribution in [-0.2, 0) is 6.61 Å². The van der Waals surface area contributed by atoms with E-state index in [0.29, 0.717) is 5.76 Å². The van der Waals surface area contributed by atoms with Gasteiger partial charge in [0.15, 0.2) is 11.5 Å². The van der Waals surface area contributed by atoms with Crippen molar-refractivity contribution in [3.63, 3.8) is 0 Å². The van der Waals surface area contributed by atoms with E-state index in [1.165, 1.54) is 12.5 Å². The van der Waals surface area contributed by atoms with Crippen LogP contribution in [0.1, 0.15) is 54.0 Å². The van der Waals surface area contributed by atoms with Crippen LogP contribution in [0.3, 0.4) is 0 Å². The fourth-order valence-corrected chi connectivity index (χ4v) is 3.12. The molecule has 1 aromatic heterocycles. The van der Waals surface area contributed by atoms with Gasteiger partial charge in [-0.3, -0.25) is 14.9 Å². The molecular formula is C19H22N2O5. The van der Waals surface area contributed by atoms with Gasteiger partial charge in [-0.2, -0.15) is 0 Å². The summed E-state index contributed by atoms with van der Waals surface area (Å²) in [5, 5.41) is 14.1. The number of amides is 1. The second-order valence-corrected chi connectivity index (χ2v) is 6.59. The Bertz CT molecular complexity index is 793. The molecule has 0 atom stereocenters. The van der Waals surface area contributed by atoms with Crippen LogP contribution in [0.5, 0.6) is 5.75 Å². The molecule has 2 aromatic rings. The van der Waals surface area contributed by atoms with Gasteiger partial charge in [-0.25, -0.2) is 0 Å². The van der Waals surface area contributed by atoms with Gasteiger partial charge < -0.3 is 14.5 Å². The van der Waals surface area contributed by atoms with E-state index >= 15 is 0 Å². The smallest absolute Gasteiger partial charge is 0.311 e. The monoisotopic (exact) mass is 358 g/mol. The standard InChI is InChI=1S/C19H22N2O5/c1-13-7-9-17(16(11-13)21(23)24)25-12-15-8-10-18(26-15)19(22)20-14-5-3-2-4-6-14/h7-11,14H,2-6,12H2,1H3,(H,20,22). The zero-order chi connectivity index (χ0) is 18.5. The van der Waals surface area contributed by atoms with Crippen molar-refractivity contribution < 1.29 is 18.9 Å². The molecule has 26 heavy (non-hydrogen) atoms. The average Bonchev–Trinajstić information content (AvgIpc) is 3.10. The summed E-state index contributed by atoms with van der Waals surface area (Å²) in [5.41, 5.74) is 0.690. The Kier molecular flexibility index (Phi) is 5.55. The first kappa shape index (κ1) is 18.0. The number of hydrogen-bond donors (Lipinski definition) is 1. The topological polar surface area (TPSA) is 94.6 Å². The van der Waals surface area contributed by atoms with Crippen LogP contribution in [0.4, 0.5) is 5.69 Å². The number of nitro benzene ring substituents is 1. The molecule has 0 bridgehead atoms. The molecule has 1 aliphatic carbocycles. The Morgan fingerprint density at radius 3 is 2.77 bits per heavy atom. The second kappa shape index (κ2) is 8.03. The van der Waals surface area contributed by atoms with Gasteiger partial charge in [0.2, 0.25) is 0 Å². The number of ether oxygens (including phenoxy) is 1. The first-order chi connectivity index (χ1) is 12.5. The van der Waals surface area contributed by atoms with Crippen molar-refractivity contribution in [2.24, 2.45) is 0 Å². The molecule has 1 fully saturated rings. The van der Waals surface area contributed by atoms with Gasteiger partial charge in [-0.05, 0) is 43.5 Å². The van der Waals surface area contributed by atoms with E-state index in [1.807, 2.05) is 0 Å². The molecule has 1 heterocycles. The Hall–Kier alpha value is -2.83. The Labute approximate surface area is 151 Å². The number of aryl methyl sites for hydroxylation is 1. The number of furan rings is 1. The van der Waals surface area contributed by atoms with Crippen molar-refractivity contribution >= 4 is 11.6 Å². The van der Waals surface area contributed by atoms with Crippen LogP contribution >= 0.6 is 0 Å². The highest BCUT2D eigenvalue weighted by Crippen LogP contribution is 2.28. The van der Waals surface area contributed by atoms with Crippen LogP contribution in [-0.4, -0.2) is 16.9 Å². The maximum Gasteiger partial charge on any atom is 0.311 e. The molecule has 3 rings (SSSR count). The highest BCUT2D eigenvalue weighted by atomic mass is 16.6. The zero-order valence-corrected chi connectivity index (χ0v) is 14.7. The number of nitrogens with zero attached hydrogens (tertiary/aromatic N) is 1. The third kappa shape index (κ3) is 4.41. The summed E-state index contributed by atoms with van der Waals surface area (Å²) in [7, 11) is 0. The Morgan fingerprint density at radius 2 is 2.04 bits per heavy atom. The maximum atomic E-state index is 12.2. The quantitative estimate of drug-likeness (QED) is 0.618. The number of benzene rings is 1. The van der Waals surface area contributed by atoms with E-state index in [4.69, 9.17) is 9.15 Å². The lowest BCUT2D eigenvalue weighted by Crippen LogP contribution is -2.35. The lowest BCUT2D eigenvalue weighted by molar-refractivity contribution is -0.386. The summed E-state index contributed by atoms with van der Waals surface area (Å²) in [6, 6.07) is 8.22. The van der Waals surface area contributed by atoms with Gasteiger partial charge in [-0.15, -0.1) is 0 Å². The third-order valence-corrected chi connectivity index (χ3v) is 4.51. The van der Waals surface area contributed by atoms with Gasteiger partial charge in [-0.1, -0.05) is 25.3 Å². The van der Waals surface area contributed by atoms with Crippen molar-refractivity contribution in [2.75, 3.05) is 0 Å². The summed E-state index contributed by atoms with van der Waals surface area (Å²) >= 11 is 0. The maximum absolute atomic E-state index is 12.2. The fraction of sp³-hybridized carbons (Fsp3) is 0.421. The molecule has 0 spiro atoms. The van der Waals surface area contributed by atoms with Crippen LogP contribution in [0.2, 0.25) is 0 Å². The third-order valence-electron chi connectivity index (χ3n) is 4.51. The predicted octanol–water partition coefficient (Wildman–Crippen LogP) is 4.14. The van der Waals surface area contributed by atoms with Crippen LogP contribution in [0.15, 0.2) is 34.7 Å². The van der Waals surface area contributed by atoms with Crippen LogP contribution in [0, 0.1) is 17.0 Å². The minimum atomic E-state index is -0.479. The van der Waals surface area contributed by atoms with Gasteiger partial charge in [0.05, 0.1) is 4.92 Å². The summed E-state index contributed by atoms with van der Waals surface area (Å²) in [6.07, 6.45) is 5.49. The number of rotatable bonds is 6. The summed E-state index contributed by atoms with van der Waals surface area (Å²) in [5.74, 6) is 0.607. The van der Waals surface area contributed by atoms with Crippen molar-refractivity contribution in [3.05, 3.63) is 57.5 Å². The number of nitro groups is 1. The first-order valence-corrected chi connectivity index (χ1v) is 8.80. The molecular weight excluding hydrogens is 336 g/mol. The molecule has 1 saturated carbocycles. The molecule has 7 nitrogen and oxygen atoms in total. The minimum absolute atomic E-state index is 0.0145. The lowest BCUT2D eigenvalue weighted by atomic mass is 9.95. The van der Waals surface area contributed by atoms with Crippen molar-refractivity contribution in [1.29, 1.82) is 0 Å². The number of carbonyl (C=O) groups is 1. The van der Waals surface area contributed by atoms with E-state index in [1.54, 1.807) is 31.2 Å². The number of hydrogen-bond acceptors (Lipinski definition) is 5. The molecule has 1 amide bonds. The Balaban J connectivity index is 1.60. The average molecular weight is 358 g/mol. The van der Waals surface area contributed by atoms with Crippen LogP contribution < -0.4 is 10.1 Å². The summed E-state index contributed by atoms with van der Waals surface area (Å²) in [6.45, 7) is 1.79. The van der Waals surface area contributed by atoms with Crippen molar-refractivity contribution in [2.45, 2.75) is 51.7 Å². The number of carbonyl (C=O) groups excluding carboxylic acids is 1. The summed E-state index contributed by atoms with van der Waals surface area (Å²) < 4.78 is 11.0. The van der Waals surface area contributed by atoms with Crippen molar-refractivity contribution in [1.82, 2.24) is 5.32 Å². The molecule has 0 unspecified atom stereocenters. The highest BCUT2D eigenvalue weighted by molar-refractivity contribution is 5.91. The largest absolute Gasteiger partial charge is 0.479 e. The predicted molar refractivity (Wildman–Crippen MR) is 95.2 cm³/mol. The number of nitrogens with one attached hydrogen (secondary N) is 1. The van der Waals surface area contributed by atoms with Crippen LogP contribution in [0.25, 0.3) is 0 Å². The lowest BCUT2D eigenvalue weighted by Gasteiger charge is -2.22. The second-order valence-electron chi connectivity index (χ2n) is 6.59. The molecule has 0 aliphatic heterocycles. The molecule has 1 aromatic carbocycles. The normalized spacial score (nSPS) is 14.8. The Morgan fingerprint density at radius 1 is 1.27 bits per heavy atom. The molecule has 1 N–H and O–H groups in total. The molecule has 7 heteroatoms. The summed E-state index contributed by atoms with van der Waals surface area (Å²) in [4.78, 5) is 22.9. The SMILES string of the molecule is Cc1ccc(OCc2ccc(C(=O)NC3CCCCC3)o2)c([N+](=O)[O-])c1. The molecule has 1 aliphatic rings. The van der Waals surface area contributed by atoms with E-state index in [2.05, 4.69) is 5.32 Å².